The average molecular weight is 379 g/mol. The zero-order chi connectivity index (χ0) is 14.1. The van der Waals surface area contributed by atoms with Gasteiger partial charge in [0.25, 0.3) is 0 Å². The second-order valence-electron chi connectivity index (χ2n) is 3.94. The lowest BCUT2D eigenvalue weighted by atomic mass is 10.2. The Kier molecular flexibility index (Phi) is 7.96. The van der Waals surface area contributed by atoms with Crippen LogP contribution in [0.1, 0.15) is 10.4 Å². The molecule has 0 unspecified atom stereocenters. The molecular formula is C13H18INO4. The first-order valence-electron chi connectivity index (χ1n) is 6.04. The number of hydrogen-bond acceptors (Lipinski definition) is 5. The Hall–Kier alpha value is -0.700. The minimum Gasteiger partial charge on any atom is -0.461 e. The van der Waals surface area contributed by atoms with E-state index in [4.69, 9.17) is 14.9 Å². The number of esters is 1. The fourth-order valence-corrected chi connectivity index (χ4v) is 2.13. The fourth-order valence-electron chi connectivity index (χ4n) is 1.58. The first kappa shape index (κ1) is 16.4. The molecule has 6 heteroatoms. The number of aliphatic hydroxyl groups excluding tert-OH is 2. The molecule has 1 aromatic carbocycles. The smallest absolute Gasteiger partial charge is 0.338 e. The quantitative estimate of drug-likeness (QED) is 0.515. The standard InChI is InChI=1S/C13H18INO4/c14-12-3-1-2-11(10-12)13(18)19-9-6-15(4-7-16)5-8-17/h1-3,10,16-17H,4-9H2. The first-order valence-corrected chi connectivity index (χ1v) is 7.12. The molecule has 0 saturated heterocycles. The molecule has 5 nitrogen and oxygen atoms in total. The Bertz CT molecular complexity index is 394. The zero-order valence-corrected chi connectivity index (χ0v) is 12.7. The molecule has 0 aliphatic rings. The Balaban J connectivity index is 2.37. The van der Waals surface area contributed by atoms with E-state index in [1.54, 1.807) is 12.1 Å². The summed E-state index contributed by atoms with van der Waals surface area (Å²) in [6.45, 7) is 1.69. The number of ether oxygens (including phenoxy) is 1. The predicted molar refractivity (Wildman–Crippen MR) is 80.1 cm³/mol. The maximum Gasteiger partial charge on any atom is 0.338 e. The van der Waals surface area contributed by atoms with Crippen molar-refractivity contribution in [1.29, 1.82) is 0 Å². The number of nitrogens with zero attached hydrogens (tertiary/aromatic N) is 1. The van der Waals surface area contributed by atoms with Crippen LogP contribution in [0.25, 0.3) is 0 Å². The van der Waals surface area contributed by atoms with Crippen molar-refractivity contribution < 1.29 is 19.7 Å². The molecular weight excluding hydrogens is 361 g/mol. The average Bonchev–Trinajstić information content (AvgIpc) is 2.39. The zero-order valence-electron chi connectivity index (χ0n) is 10.6. The van der Waals surface area contributed by atoms with Crippen molar-refractivity contribution in [3.8, 4) is 0 Å². The van der Waals surface area contributed by atoms with Gasteiger partial charge in [-0.25, -0.2) is 4.79 Å². The molecule has 0 fully saturated rings. The summed E-state index contributed by atoms with van der Waals surface area (Å²) in [7, 11) is 0. The lowest BCUT2D eigenvalue weighted by molar-refractivity contribution is 0.0443. The van der Waals surface area contributed by atoms with Crippen LogP contribution < -0.4 is 0 Å². The third kappa shape index (κ3) is 6.33. The lowest BCUT2D eigenvalue weighted by Gasteiger charge is -2.19. The summed E-state index contributed by atoms with van der Waals surface area (Å²) in [5.41, 5.74) is 0.530. The highest BCUT2D eigenvalue weighted by molar-refractivity contribution is 14.1. The minimum atomic E-state index is -0.355. The third-order valence-electron chi connectivity index (χ3n) is 2.53. The number of halogens is 1. The van der Waals surface area contributed by atoms with E-state index < -0.39 is 0 Å². The van der Waals surface area contributed by atoms with Gasteiger partial charge in [0.2, 0.25) is 0 Å². The summed E-state index contributed by atoms with van der Waals surface area (Å²) in [5.74, 6) is -0.355. The summed E-state index contributed by atoms with van der Waals surface area (Å²) in [4.78, 5) is 13.6. The number of benzene rings is 1. The highest BCUT2D eigenvalue weighted by Gasteiger charge is 2.09. The molecule has 1 rings (SSSR count). The van der Waals surface area contributed by atoms with Crippen molar-refractivity contribution in [2.45, 2.75) is 0 Å². The number of aliphatic hydroxyl groups is 2. The first-order chi connectivity index (χ1) is 9.17. The van der Waals surface area contributed by atoms with E-state index in [0.29, 0.717) is 25.2 Å². The summed E-state index contributed by atoms with van der Waals surface area (Å²) >= 11 is 2.14. The summed E-state index contributed by atoms with van der Waals surface area (Å²) < 4.78 is 6.14. The SMILES string of the molecule is O=C(OCCN(CCO)CCO)c1cccc(I)c1. The largest absolute Gasteiger partial charge is 0.461 e. The summed E-state index contributed by atoms with van der Waals surface area (Å²) in [5, 5.41) is 17.7. The Labute approximate surface area is 126 Å². The van der Waals surface area contributed by atoms with Crippen molar-refractivity contribution in [3.63, 3.8) is 0 Å². The van der Waals surface area contributed by atoms with E-state index in [1.165, 1.54) is 0 Å². The van der Waals surface area contributed by atoms with Crippen LogP contribution in [0.2, 0.25) is 0 Å². The maximum atomic E-state index is 11.8. The van der Waals surface area contributed by atoms with Gasteiger partial charge in [0, 0.05) is 23.2 Å². The molecule has 0 aliphatic carbocycles. The molecule has 0 aliphatic heterocycles. The van der Waals surface area contributed by atoms with E-state index >= 15 is 0 Å². The van der Waals surface area contributed by atoms with E-state index in [1.807, 2.05) is 17.0 Å². The third-order valence-corrected chi connectivity index (χ3v) is 3.20. The van der Waals surface area contributed by atoms with Crippen LogP contribution >= 0.6 is 22.6 Å². The van der Waals surface area contributed by atoms with E-state index in [9.17, 15) is 4.79 Å². The van der Waals surface area contributed by atoms with E-state index in [-0.39, 0.29) is 25.8 Å². The molecule has 0 aromatic heterocycles. The molecule has 0 saturated carbocycles. The number of rotatable bonds is 8. The van der Waals surface area contributed by atoms with Crippen molar-refractivity contribution in [1.82, 2.24) is 4.90 Å². The predicted octanol–water partition coefficient (Wildman–Crippen LogP) is 0.735. The molecule has 1 aromatic rings. The molecule has 19 heavy (non-hydrogen) atoms. The Morgan fingerprint density at radius 3 is 2.47 bits per heavy atom. The van der Waals surface area contributed by atoms with Crippen LogP contribution in [0.3, 0.4) is 0 Å². The van der Waals surface area contributed by atoms with Crippen LogP contribution in [0.4, 0.5) is 0 Å². The molecule has 0 spiro atoms. The van der Waals surface area contributed by atoms with Gasteiger partial charge in [0.05, 0.1) is 18.8 Å². The Morgan fingerprint density at radius 1 is 1.21 bits per heavy atom. The van der Waals surface area contributed by atoms with Crippen molar-refractivity contribution in [2.24, 2.45) is 0 Å². The molecule has 2 N–H and O–H groups in total. The van der Waals surface area contributed by atoms with E-state index in [2.05, 4.69) is 22.6 Å². The van der Waals surface area contributed by atoms with Crippen LogP contribution in [0.15, 0.2) is 24.3 Å². The Morgan fingerprint density at radius 2 is 1.89 bits per heavy atom. The molecule has 0 amide bonds. The van der Waals surface area contributed by atoms with Crippen LogP contribution in [-0.4, -0.2) is 60.5 Å². The van der Waals surface area contributed by atoms with Gasteiger partial charge in [-0.3, -0.25) is 4.90 Å². The number of carbonyl (C=O) groups is 1. The van der Waals surface area contributed by atoms with Crippen LogP contribution in [-0.2, 0) is 4.74 Å². The van der Waals surface area contributed by atoms with Crippen molar-refractivity contribution >= 4 is 28.6 Å². The fraction of sp³-hybridized carbons (Fsp3) is 0.462. The van der Waals surface area contributed by atoms with Crippen molar-refractivity contribution in [2.75, 3.05) is 39.5 Å². The van der Waals surface area contributed by atoms with Crippen LogP contribution in [0.5, 0.6) is 0 Å². The van der Waals surface area contributed by atoms with Gasteiger partial charge in [0.15, 0.2) is 0 Å². The van der Waals surface area contributed by atoms with Gasteiger partial charge < -0.3 is 14.9 Å². The summed E-state index contributed by atoms with van der Waals surface area (Å²) in [6, 6.07) is 7.19. The molecule has 106 valence electrons. The highest BCUT2D eigenvalue weighted by atomic mass is 127. The minimum absolute atomic E-state index is 0.0187. The van der Waals surface area contributed by atoms with Crippen LogP contribution in [0, 0.1) is 3.57 Å². The molecule has 0 atom stereocenters. The van der Waals surface area contributed by atoms with Crippen molar-refractivity contribution in [3.05, 3.63) is 33.4 Å². The maximum absolute atomic E-state index is 11.8. The lowest BCUT2D eigenvalue weighted by Crippen LogP contribution is -2.33. The van der Waals surface area contributed by atoms with Gasteiger partial charge in [0.1, 0.15) is 6.61 Å². The molecule has 0 bridgehead atoms. The number of hydrogen-bond donors (Lipinski definition) is 2. The monoisotopic (exact) mass is 379 g/mol. The summed E-state index contributed by atoms with van der Waals surface area (Å²) in [6.07, 6.45) is 0. The number of carbonyl (C=O) groups excluding carboxylic acids is 1. The van der Waals surface area contributed by atoms with Gasteiger partial charge >= 0.3 is 5.97 Å². The highest BCUT2D eigenvalue weighted by Crippen LogP contribution is 2.08. The molecule has 0 heterocycles. The second-order valence-corrected chi connectivity index (χ2v) is 5.18. The second kappa shape index (κ2) is 9.24. The normalized spacial score (nSPS) is 10.7. The van der Waals surface area contributed by atoms with Gasteiger partial charge in [-0.15, -0.1) is 0 Å². The van der Waals surface area contributed by atoms with Gasteiger partial charge in [-0.1, -0.05) is 6.07 Å². The van der Waals surface area contributed by atoms with E-state index in [0.717, 1.165) is 3.57 Å². The van der Waals surface area contributed by atoms with Gasteiger partial charge in [-0.05, 0) is 40.8 Å². The molecule has 0 radical (unpaired) electrons. The topological polar surface area (TPSA) is 70.0 Å². The van der Waals surface area contributed by atoms with Gasteiger partial charge in [-0.2, -0.15) is 0 Å².